The number of hydrogen-bond acceptors (Lipinski definition) is 3. The lowest BCUT2D eigenvalue weighted by molar-refractivity contribution is 0.581. The Morgan fingerprint density at radius 2 is 1.91 bits per heavy atom. The van der Waals surface area contributed by atoms with Gasteiger partial charge in [-0.05, 0) is 36.2 Å². The summed E-state index contributed by atoms with van der Waals surface area (Å²) in [6, 6.07) is 12.7. The van der Waals surface area contributed by atoms with E-state index in [1.807, 2.05) is 36.5 Å². The zero-order valence-corrected chi connectivity index (χ0v) is 13.8. The van der Waals surface area contributed by atoms with Crippen molar-refractivity contribution < 1.29 is 8.42 Å². The van der Waals surface area contributed by atoms with Gasteiger partial charge in [-0.1, -0.05) is 31.5 Å². The third-order valence-corrected chi connectivity index (χ3v) is 5.15. The number of aromatic nitrogens is 2. The maximum atomic E-state index is 12.4. The summed E-state index contributed by atoms with van der Waals surface area (Å²) in [6.45, 7) is 2.31. The van der Waals surface area contributed by atoms with E-state index in [4.69, 9.17) is 0 Å². The molecule has 0 bridgehead atoms. The summed E-state index contributed by atoms with van der Waals surface area (Å²) in [5.74, 6) is 0. The van der Waals surface area contributed by atoms with E-state index in [2.05, 4.69) is 16.7 Å². The van der Waals surface area contributed by atoms with Crippen LogP contribution in [0.5, 0.6) is 0 Å². The summed E-state index contributed by atoms with van der Waals surface area (Å²) in [5, 5.41) is 4.21. The van der Waals surface area contributed by atoms with Crippen LogP contribution in [0.1, 0.15) is 24.5 Å². The molecule has 1 N–H and O–H groups in total. The molecule has 0 aliphatic rings. The summed E-state index contributed by atoms with van der Waals surface area (Å²) in [5.41, 5.74) is 2.89. The van der Waals surface area contributed by atoms with Crippen LogP contribution >= 0.6 is 0 Å². The molecule has 0 aliphatic heterocycles. The van der Waals surface area contributed by atoms with Crippen molar-refractivity contribution >= 4 is 15.5 Å². The monoisotopic (exact) mass is 329 g/mol. The molecule has 1 aromatic carbocycles. The number of sulfonamides is 1. The highest BCUT2D eigenvalue weighted by molar-refractivity contribution is 7.89. The zero-order valence-electron chi connectivity index (χ0n) is 12.9. The molecule has 2 aromatic heterocycles. The molecule has 5 nitrogen and oxygen atoms in total. The molecular weight excluding hydrogens is 310 g/mol. The molecule has 0 atom stereocenters. The van der Waals surface area contributed by atoms with Crippen LogP contribution < -0.4 is 4.72 Å². The van der Waals surface area contributed by atoms with E-state index in [0.717, 1.165) is 29.5 Å². The molecule has 2 heterocycles. The largest absolute Gasteiger partial charge is 0.241 e. The van der Waals surface area contributed by atoms with Crippen LogP contribution in [0.15, 0.2) is 59.8 Å². The van der Waals surface area contributed by atoms with E-state index in [-0.39, 0.29) is 11.4 Å². The maximum absolute atomic E-state index is 12.4. The summed E-state index contributed by atoms with van der Waals surface area (Å²) in [7, 11) is -3.52. The standard InChI is InChI=1S/C17H19N3O2S/c1-2-5-14-7-9-16(10-8-14)23(21,22)19-13-15-12-18-20-11-4-3-6-17(15)20/h3-4,6-12,19H,2,5,13H2,1H3. The van der Waals surface area contributed by atoms with Crippen molar-refractivity contribution in [3.05, 3.63) is 66.0 Å². The van der Waals surface area contributed by atoms with Gasteiger partial charge in [0, 0.05) is 18.3 Å². The van der Waals surface area contributed by atoms with Crippen molar-refractivity contribution in [2.45, 2.75) is 31.2 Å². The molecule has 0 radical (unpaired) electrons. The Bertz CT molecular complexity index is 899. The van der Waals surface area contributed by atoms with E-state index in [1.54, 1.807) is 22.8 Å². The number of fused-ring (bicyclic) bond motifs is 1. The molecule has 0 amide bonds. The smallest absolute Gasteiger partial charge is 0.240 e. The van der Waals surface area contributed by atoms with Crippen molar-refractivity contribution in [3.8, 4) is 0 Å². The molecule has 0 spiro atoms. The minimum Gasteiger partial charge on any atom is -0.241 e. The number of rotatable bonds is 6. The molecule has 0 saturated heterocycles. The Balaban J connectivity index is 1.76. The first-order valence-electron chi connectivity index (χ1n) is 7.60. The normalized spacial score (nSPS) is 11.9. The molecule has 0 aliphatic carbocycles. The van der Waals surface area contributed by atoms with Crippen molar-refractivity contribution in [1.29, 1.82) is 0 Å². The third-order valence-electron chi connectivity index (χ3n) is 3.73. The van der Waals surface area contributed by atoms with E-state index in [0.29, 0.717) is 0 Å². The first-order chi connectivity index (χ1) is 11.1. The minimum atomic E-state index is -3.52. The van der Waals surface area contributed by atoms with Crippen LogP contribution in [0, 0.1) is 0 Å². The van der Waals surface area contributed by atoms with Crippen molar-refractivity contribution in [2.24, 2.45) is 0 Å². The van der Waals surface area contributed by atoms with Gasteiger partial charge in [0.25, 0.3) is 0 Å². The fourth-order valence-corrected chi connectivity index (χ4v) is 3.51. The fourth-order valence-electron chi connectivity index (χ4n) is 2.50. The van der Waals surface area contributed by atoms with Crippen molar-refractivity contribution in [3.63, 3.8) is 0 Å². The number of hydrogen-bond donors (Lipinski definition) is 1. The lowest BCUT2D eigenvalue weighted by Gasteiger charge is -2.07. The van der Waals surface area contributed by atoms with Gasteiger partial charge in [0.2, 0.25) is 10.0 Å². The van der Waals surface area contributed by atoms with Crippen LogP contribution in [0.4, 0.5) is 0 Å². The summed E-state index contributed by atoms with van der Waals surface area (Å²) >= 11 is 0. The Hall–Kier alpha value is -2.18. The van der Waals surface area contributed by atoms with Crippen molar-refractivity contribution in [1.82, 2.24) is 14.3 Å². The van der Waals surface area contributed by atoms with E-state index < -0.39 is 10.0 Å². The quantitative estimate of drug-likeness (QED) is 0.756. The number of pyridine rings is 1. The molecular formula is C17H19N3O2S. The Kier molecular flexibility index (Phi) is 4.45. The topological polar surface area (TPSA) is 63.5 Å². The van der Waals surface area contributed by atoms with Gasteiger partial charge >= 0.3 is 0 Å². The number of benzene rings is 1. The predicted octanol–water partition coefficient (Wildman–Crippen LogP) is 2.77. The summed E-state index contributed by atoms with van der Waals surface area (Å²) < 4.78 is 29.2. The van der Waals surface area contributed by atoms with Gasteiger partial charge in [-0.2, -0.15) is 5.10 Å². The van der Waals surface area contributed by atoms with Crippen LogP contribution in [-0.2, 0) is 23.0 Å². The first kappa shape index (κ1) is 15.7. The van der Waals surface area contributed by atoms with Gasteiger partial charge in [-0.25, -0.2) is 17.7 Å². The number of nitrogens with one attached hydrogen (secondary N) is 1. The molecule has 0 unspecified atom stereocenters. The highest BCUT2D eigenvalue weighted by Gasteiger charge is 2.14. The molecule has 0 saturated carbocycles. The van der Waals surface area contributed by atoms with Crippen LogP contribution in [0.25, 0.3) is 5.52 Å². The van der Waals surface area contributed by atoms with Gasteiger partial charge in [-0.3, -0.25) is 0 Å². The molecule has 6 heteroatoms. The Labute approximate surface area is 136 Å². The van der Waals surface area contributed by atoms with Gasteiger partial charge in [0.05, 0.1) is 16.6 Å². The van der Waals surface area contributed by atoms with E-state index in [9.17, 15) is 8.42 Å². The molecule has 0 fully saturated rings. The lowest BCUT2D eigenvalue weighted by Crippen LogP contribution is -2.23. The van der Waals surface area contributed by atoms with Gasteiger partial charge < -0.3 is 0 Å². The van der Waals surface area contributed by atoms with E-state index in [1.165, 1.54) is 0 Å². The highest BCUT2D eigenvalue weighted by atomic mass is 32.2. The second kappa shape index (κ2) is 6.52. The Morgan fingerprint density at radius 1 is 1.13 bits per heavy atom. The highest BCUT2D eigenvalue weighted by Crippen LogP contribution is 2.14. The minimum absolute atomic E-state index is 0.215. The SMILES string of the molecule is CCCc1ccc(S(=O)(=O)NCc2cnn3ccccc23)cc1. The van der Waals surface area contributed by atoms with E-state index >= 15 is 0 Å². The van der Waals surface area contributed by atoms with Crippen LogP contribution in [0.3, 0.4) is 0 Å². The second-order valence-corrected chi connectivity index (χ2v) is 7.19. The maximum Gasteiger partial charge on any atom is 0.240 e. The molecule has 23 heavy (non-hydrogen) atoms. The van der Waals surface area contributed by atoms with Crippen molar-refractivity contribution in [2.75, 3.05) is 0 Å². The average molecular weight is 329 g/mol. The van der Waals surface area contributed by atoms with Crippen LogP contribution in [-0.4, -0.2) is 18.0 Å². The number of nitrogens with zero attached hydrogens (tertiary/aromatic N) is 2. The van der Waals surface area contributed by atoms with Gasteiger partial charge in [0.1, 0.15) is 0 Å². The lowest BCUT2D eigenvalue weighted by atomic mass is 10.1. The fraction of sp³-hybridized carbons (Fsp3) is 0.235. The average Bonchev–Trinajstić information content (AvgIpc) is 2.97. The predicted molar refractivity (Wildman–Crippen MR) is 89.7 cm³/mol. The number of aryl methyl sites for hydroxylation is 1. The Morgan fingerprint density at radius 3 is 2.65 bits per heavy atom. The van der Waals surface area contributed by atoms with Gasteiger partial charge in [-0.15, -0.1) is 0 Å². The summed E-state index contributed by atoms with van der Waals surface area (Å²) in [4.78, 5) is 0.286. The van der Waals surface area contributed by atoms with Gasteiger partial charge in [0.15, 0.2) is 0 Å². The second-order valence-electron chi connectivity index (χ2n) is 5.42. The molecule has 3 rings (SSSR count). The first-order valence-corrected chi connectivity index (χ1v) is 9.08. The summed E-state index contributed by atoms with van der Waals surface area (Å²) in [6.07, 6.45) is 5.51. The zero-order chi connectivity index (χ0) is 16.3. The molecule has 120 valence electrons. The third kappa shape index (κ3) is 3.43. The van der Waals surface area contributed by atoms with Crippen LogP contribution in [0.2, 0.25) is 0 Å². The molecule has 3 aromatic rings.